The lowest BCUT2D eigenvalue weighted by Crippen LogP contribution is -2.45. The van der Waals surface area contributed by atoms with Crippen LogP contribution in [0.1, 0.15) is 34.6 Å². The molecule has 1 atom stereocenters. The van der Waals surface area contributed by atoms with Crippen molar-refractivity contribution in [2.45, 2.75) is 40.7 Å². The van der Waals surface area contributed by atoms with Crippen molar-refractivity contribution in [3.05, 3.63) is 0 Å². The van der Waals surface area contributed by atoms with Crippen molar-refractivity contribution < 1.29 is 0 Å². The number of likely N-dealkylation sites (N-methyl/N-ethyl adjacent to an activating group) is 1. The van der Waals surface area contributed by atoms with Crippen LogP contribution in [-0.2, 0) is 0 Å². The van der Waals surface area contributed by atoms with Crippen LogP contribution in [0.3, 0.4) is 0 Å². The highest BCUT2D eigenvalue weighted by atomic mass is 15.2. The zero-order chi connectivity index (χ0) is 14.1. The highest BCUT2D eigenvalue weighted by Crippen LogP contribution is 2.04. The van der Waals surface area contributed by atoms with E-state index in [0.29, 0.717) is 6.04 Å². The highest BCUT2D eigenvalue weighted by Gasteiger charge is 2.14. The van der Waals surface area contributed by atoms with E-state index >= 15 is 0 Å². The first kappa shape index (κ1) is 17.9. The third kappa shape index (κ3) is 9.86. The number of nitrogens with one attached hydrogen (secondary N) is 1. The second kappa shape index (κ2) is 9.76. The van der Waals surface area contributed by atoms with E-state index in [2.05, 4.69) is 63.8 Å². The Morgan fingerprint density at radius 3 is 1.89 bits per heavy atom. The zero-order valence-corrected chi connectivity index (χ0v) is 13.7. The van der Waals surface area contributed by atoms with E-state index in [1.54, 1.807) is 0 Å². The van der Waals surface area contributed by atoms with Crippen LogP contribution in [0, 0.1) is 11.8 Å². The van der Waals surface area contributed by atoms with E-state index in [9.17, 15) is 0 Å². The lowest BCUT2D eigenvalue weighted by atomic mass is 10.1. The van der Waals surface area contributed by atoms with Crippen molar-refractivity contribution >= 4 is 0 Å². The van der Waals surface area contributed by atoms with Crippen LogP contribution in [0.2, 0.25) is 0 Å². The molecule has 0 spiro atoms. The number of rotatable bonds is 10. The number of hydrogen-bond acceptors (Lipinski definition) is 3. The van der Waals surface area contributed by atoms with Gasteiger partial charge in [0.2, 0.25) is 0 Å². The summed E-state index contributed by atoms with van der Waals surface area (Å²) in [5.41, 5.74) is 0. The Labute approximate surface area is 115 Å². The molecule has 0 fully saturated rings. The van der Waals surface area contributed by atoms with Crippen LogP contribution in [0.4, 0.5) is 0 Å². The Kier molecular flexibility index (Phi) is 9.70. The molecule has 0 heterocycles. The molecule has 3 nitrogen and oxygen atoms in total. The largest absolute Gasteiger partial charge is 0.315 e. The average molecular weight is 257 g/mol. The van der Waals surface area contributed by atoms with Crippen molar-refractivity contribution in [3.8, 4) is 0 Å². The second-order valence-electron chi connectivity index (χ2n) is 6.59. The molecule has 0 aliphatic rings. The fraction of sp³-hybridized carbons (Fsp3) is 1.00. The number of hydrogen-bond donors (Lipinski definition) is 1. The molecule has 0 saturated carbocycles. The lowest BCUT2D eigenvalue weighted by Gasteiger charge is -2.32. The monoisotopic (exact) mass is 257 g/mol. The predicted octanol–water partition coefficient (Wildman–Crippen LogP) is 2.14. The van der Waals surface area contributed by atoms with Crippen molar-refractivity contribution in [3.63, 3.8) is 0 Å². The molecular weight excluding hydrogens is 222 g/mol. The van der Waals surface area contributed by atoms with Gasteiger partial charge in [-0.05, 0) is 39.4 Å². The first-order valence-electron chi connectivity index (χ1n) is 7.42. The molecule has 0 aliphatic carbocycles. The molecule has 18 heavy (non-hydrogen) atoms. The van der Waals surface area contributed by atoms with Crippen molar-refractivity contribution in [2.75, 3.05) is 46.8 Å². The van der Waals surface area contributed by atoms with E-state index in [0.717, 1.165) is 38.0 Å². The molecule has 1 unspecified atom stereocenters. The van der Waals surface area contributed by atoms with Crippen molar-refractivity contribution in [1.82, 2.24) is 15.1 Å². The molecule has 0 aromatic heterocycles. The van der Waals surface area contributed by atoms with Gasteiger partial charge in [0, 0.05) is 32.2 Å². The average Bonchev–Trinajstić information content (AvgIpc) is 2.22. The Morgan fingerprint density at radius 1 is 0.833 bits per heavy atom. The predicted molar refractivity (Wildman–Crippen MR) is 82.1 cm³/mol. The summed E-state index contributed by atoms with van der Waals surface area (Å²) < 4.78 is 0. The maximum absolute atomic E-state index is 3.57. The minimum absolute atomic E-state index is 0.617. The Hall–Kier alpha value is -0.120. The molecule has 0 saturated heterocycles. The van der Waals surface area contributed by atoms with Gasteiger partial charge in [0.25, 0.3) is 0 Å². The minimum atomic E-state index is 0.617. The lowest BCUT2D eigenvalue weighted by molar-refractivity contribution is 0.166. The third-order valence-electron chi connectivity index (χ3n) is 3.05. The topological polar surface area (TPSA) is 18.5 Å². The molecule has 1 N–H and O–H groups in total. The van der Waals surface area contributed by atoms with Gasteiger partial charge >= 0.3 is 0 Å². The molecule has 0 amide bonds. The molecule has 110 valence electrons. The smallest absolute Gasteiger partial charge is 0.0193 e. The zero-order valence-electron chi connectivity index (χ0n) is 13.7. The molecule has 0 radical (unpaired) electrons. The molecule has 0 aromatic carbocycles. The third-order valence-corrected chi connectivity index (χ3v) is 3.05. The van der Waals surface area contributed by atoms with E-state index in [-0.39, 0.29) is 0 Å². The quantitative estimate of drug-likeness (QED) is 0.647. The highest BCUT2D eigenvalue weighted by molar-refractivity contribution is 4.72. The first-order chi connectivity index (χ1) is 8.32. The van der Waals surface area contributed by atoms with Crippen LogP contribution < -0.4 is 5.32 Å². The molecule has 0 aromatic rings. The van der Waals surface area contributed by atoms with Gasteiger partial charge in [-0.2, -0.15) is 0 Å². The van der Waals surface area contributed by atoms with Crippen molar-refractivity contribution in [2.24, 2.45) is 11.8 Å². The van der Waals surface area contributed by atoms with E-state index in [1.807, 2.05) is 0 Å². The van der Waals surface area contributed by atoms with Crippen LogP contribution in [0.15, 0.2) is 0 Å². The number of nitrogens with zero attached hydrogens (tertiary/aromatic N) is 2. The Bertz CT molecular complexity index is 190. The van der Waals surface area contributed by atoms with Gasteiger partial charge in [0.1, 0.15) is 0 Å². The maximum atomic E-state index is 3.57. The summed E-state index contributed by atoms with van der Waals surface area (Å²) in [5, 5.41) is 3.57. The first-order valence-corrected chi connectivity index (χ1v) is 7.42. The Balaban J connectivity index is 4.08. The van der Waals surface area contributed by atoms with Gasteiger partial charge in [0.15, 0.2) is 0 Å². The fourth-order valence-electron chi connectivity index (χ4n) is 2.00. The van der Waals surface area contributed by atoms with Gasteiger partial charge in [-0.3, -0.25) is 4.90 Å². The summed E-state index contributed by atoms with van der Waals surface area (Å²) in [6, 6.07) is 0.617. The van der Waals surface area contributed by atoms with Gasteiger partial charge < -0.3 is 10.2 Å². The SMILES string of the molecule is CC(C)CNCC(C)N(CCN(C)C)CC(C)C. The summed E-state index contributed by atoms with van der Waals surface area (Å²) >= 11 is 0. The molecule has 0 rings (SSSR count). The summed E-state index contributed by atoms with van der Waals surface area (Å²) in [7, 11) is 4.30. The van der Waals surface area contributed by atoms with Gasteiger partial charge in [-0.1, -0.05) is 27.7 Å². The van der Waals surface area contributed by atoms with Crippen molar-refractivity contribution in [1.29, 1.82) is 0 Å². The van der Waals surface area contributed by atoms with Gasteiger partial charge in [0.05, 0.1) is 0 Å². The van der Waals surface area contributed by atoms with E-state index in [1.165, 1.54) is 6.54 Å². The summed E-state index contributed by atoms with van der Waals surface area (Å²) in [4.78, 5) is 4.87. The fourth-order valence-corrected chi connectivity index (χ4v) is 2.00. The van der Waals surface area contributed by atoms with Gasteiger partial charge in [-0.15, -0.1) is 0 Å². The van der Waals surface area contributed by atoms with Crippen LogP contribution >= 0.6 is 0 Å². The molecule has 3 heteroatoms. The standard InChI is InChI=1S/C15H35N3/c1-13(2)10-16-11-15(5)18(12-14(3)4)9-8-17(6)7/h13-16H,8-12H2,1-7H3. The minimum Gasteiger partial charge on any atom is -0.315 e. The maximum Gasteiger partial charge on any atom is 0.0193 e. The van der Waals surface area contributed by atoms with E-state index < -0.39 is 0 Å². The Morgan fingerprint density at radius 2 is 1.44 bits per heavy atom. The van der Waals surface area contributed by atoms with Crippen LogP contribution in [-0.4, -0.2) is 62.7 Å². The van der Waals surface area contributed by atoms with Crippen LogP contribution in [0.5, 0.6) is 0 Å². The van der Waals surface area contributed by atoms with Gasteiger partial charge in [-0.25, -0.2) is 0 Å². The van der Waals surface area contributed by atoms with E-state index in [4.69, 9.17) is 0 Å². The molecule has 0 bridgehead atoms. The summed E-state index contributed by atoms with van der Waals surface area (Å²) in [5.74, 6) is 1.47. The summed E-state index contributed by atoms with van der Waals surface area (Å²) in [6.07, 6.45) is 0. The molecule has 0 aliphatic heterocycles. The molecular formula is C15H35N3. The summed E-state index contributed by atoms with van der Waals surface area (Å²) in [6.45, 7) is 17.2. The van der Waals surface area contributed by atoms with Crippen LogP contribution in [0.25, 0.3) is 0 Å². The second-order valence-corrected chi connectivity index (χ2v) is 6.59. The normalized spacial score (nSPS) is 14.2.